The molecule has 0 radical (unpaired) electrons. The van der Waals surface area contributed by atoms with E-state index in [2.05, 4.69) is 5.32 Å². The van der Waals surface area contributed by atoms with Gasteiger partial charge >= 0.3 is 0 Å². The summed E-state index contributed by atoms with van der Waals surface area (Å²) in [6, 6.07) is 0. The zero-order valence-corrected chi connectivity index (χ0v) is 10.2. The third-order valence-corrected chi connectivity index (χ3v) is 2.35. The van der Waals surface area contributed by atoms with E-state index in [-0.39, 0.29) is 30.4 Å². The SMILES string of the molecule is CCNc1c(N)c(=O)n2n1CCC2.Cl.Cl. The van der Waals surface area contributed by atoms with Gasteiger partial charge in [-0.3, -0.25) is 9.48 Å². The average Bonchev–Trinajstić information content (AvgIpc) is 2.66. The van der Waals surface area contributed by atoms with Crippen LogP contribution in [0.1, 0.15) is 13.3 Å². The van der Waals surface area contributed by atoms with Crippen LogP contribution in [-0.2, 0) is 13.1 Å². The van der Waals surface area contributed by atoms with Crippen LogP contribution in [0.2, 0.25) is 0 Å². The zero-order chi connectivity index (χ0) is 9.42. The molecule has 15 heavy (non-hydrogen) atoms. The highest BCUT2D eigenvalue weighted by Crippen LogP contribution is 2.19. The Balaban J connectivity index is 0.000000980. The highest BCUT2D eigenvalue weighted by Gasteiger charge is 2.20. The minimum atomic E-state index is -0.0616. The van der Waals surface area contributed by atoms with Gasteiger partial charge in [0.25, 0.3) is 5.56 Å². The van der Waals surface area contributed by atoms with Crippen molar-refractivity contribution in [1.29, 1.82) is 0 Å². The minimum absolute atomic E-state index is 0. The third-order valence-electron chi connectivity index (χ3n) is 2.35. The van der Waals surface area contributed by atoms with E-state index in [1.54, 1.807) is 4.68 Å². The summed E-state index contributed by atoms with van der Waals surface area (Å²) >= 11 is 0. The predicted molar refractivity (Wildman–Crippen MR) is 66.4 cm³/mol. The van der Waals surface area contributed by atoms with E-state index in [0.29, 0.717) is 5.69 Å². The summed E-state index contributed by atoms with van der Waals surface area (Å²) in [4.78, 5) is 11.5. The largest absolute Gasteiger partial charge is 0.391 e. The fourth-order valence-electron chi connectivity index (χ4n) is 1.79. The Kier molecular flexibility index (Phi) is 5.03. The first kappa shape index (κ1) is 14.2. The van der Waals surface area contributed by atoms with E-state index in [4.69, 9.17) is 5.73 Å². The summed E-state index contributed by atoms with van der Waals surface area (Å²) in [5, 5.41) is 3.11. The van der Waals surface area contributed by atoms with Crippen molar-refractivity contribution in [1.82, 2.24) is 9.36 Å². The Hall–Kier alpha value is -0.810. The number of nitrogen functional groups attached to an aromatic ring is 1. The van der Waals surface area contributed by atoms with Gasteiger partial charge < -0.3 is 11.1 Å². The van der Waals surface area contributed by atoms with E-state index in [9.17, 15) is 4.79 Å². The molecule has 0 bridgehead atoms. The van der Waals surface area contributed by atoms with Gasteiger partial charge in [-0.25, -0.2) is 4.68 Å². The van der Waals surface area contributed by atoms with E-state index in [0.717, 1.165) is 31.9 Å². The fraction of sp³-hybridized carbons (Fsp3) is 0.625. The standard InChI is InChI=1S/C8H14N4O.2ClH/c1-2-10-7-6(9)8(13)12-5-3-4-11(7)12;;/h10H,2-5,9H2,1H3;2*1H. The van der Waals surface area contributed by atoms with Crippen LogP contribution < -0.4 is 16.6 Å². The molecule has 2 rings (SSSR count). The van der Waals surface area contributed by atoms with Crippen molar-refractivity contribution in [3.05, 3.63) is 10.4 Å². The lowest BCUT2D eigenvalue weighted by Crippen LogP contribution is -2.18. The molecule has 0 aromatic carbocycles. The molecule has 1 aliphatic heterocycles. The summed E-state index contributed by atoms with van der Waals surface area (Å²) in [6.07, 6.45) is 1.02. The van der Waals surface area contributed by atoms with Crippen LogP contribution >= 0.6 is 24.8 Å². The molecule has 1 aromatic heterocycles. The maximum absolute atomic E-state index is 11.5. The van der Waals surface area contributed by atoms with Gasteiger partial charge in [-0.05, 0) is 13.3 Å². The van der Waals surface area contributed by atoms with Gasteiger partial charge in [0.2, 0.25) is 0 Å². The van der Waals surface area contributed by atoms with Crippen molar-refractivity contribution >= 4 is 36.3 Å². The van der Waals surface area contributed by atoms with Crippen molar-refractivity contribution in [2.24, 2.45) is 0 Å². The van der Waals surface area contributed by atoms with Crippen LogP contribution in [-0.4, -0.2) is 15.9 Å². The smallest absolute Gasteiger partial charge is 0.292 e. The number of nitrogens with two attached hydrogens (primary N) is 1. The van der Waals surface area contributed by atoms with E-state index < -0.39 is 0 Å². The maximum Gasteiger partial charge on any atom is 0.292 e. The zero-order valence-electron chi connectivity index (χ0n) is 8.52. The monoisotopic (exact) mass is 254 g/mol. The molecule has 2 heterocycles. The molecule has 1 aromatic rings. The van der Waals surface area contributed by atoms with E-state index in [1.807, 2.05) is 11.6 Å². The molecule has 88 valence electrons. The number of hydrogen-bond donors (Lipinski definition) is 2. The third kappa shape index (κ3) is 2.08. The van der Waals surface area contributed by atoms with Crippen LogP contribution in [0.15, 0.2) is 4.79 Å². The molecular formula is C8H16Cl2N4O. The minimum Gasteiger partial charge on any atom is -0.391 e. The topological polar surface area (TPSA) is 65.0 Å². The van der Waals surface area contributed by atoms with Crippen molar-refractivity contribution in [3.63, 3.8) is 0 Å². The van der Waals surface area contributed by atoms with E-state index >= 15 is 0 Å². The number of aromatic nitrogens is 2. The number of halogens is 2. The summed E-state index contributed by atoms with van der Waals surface area (Å²) in [5.74, 6) is 0.782. The van der Waals surface area contributed by atoms with Crippen LogP contribution in [0, 0.1) is 0 Å². The molecule has 0 unspecified atom stereocenters. The van der Waals surface area contributed by atoms with Gasteiger partial charge in [0.05, 0.1) is 0 Å². The van der Waals surface area contributed by atoms with Gasteiger partial charge in [-0.1, -0.05) is 0 Å². The predicted octanol–water partition coefficient (Wildman–Crippen LogP) is 0.911. The van der Waals surface area contributed by atoms with Crippen molar-refractivity contribution in [2.75, 3.05) is 17.6 Å². The van der Waals surface area contributed by atoms with Gasteiger partial charge in [-0.15, -0.1) is 24.8 Å². The van der Waals surface area contributed by atoms with Gasteiger partial charge in [0, 0.05) is 19.6 Å². The second kappa shape index (κ2) is 5.32. The van der Waals surface area contributed by atoms with Crippen molar-refractivity contribution in [3.8, 4) is 0 Å². The Morgan fingerprint density at radius 1 is 1.33 bits per heavy atom. The number of rotatable bonds is 2. The first-order valence-corrected chi connectivity index (χ1v) is 4.58. The molecule has 0 aliphatic carbocycles. The fourth-order valence-corrected chi connectivity index (χ4v) is 1.79. The lowest BCUT2D eigenvalue weighted by Gasteiger charge is -2.06. The van der Waals surface area contributed by atoms with Gasteiger partial charge in [0.1, 0.15) is 11.5 Å². The average molecular weight is 255 g/mol. The Labute approximate surface area is 100 Å². The molecule has 0 saturated carbocycles. The highest BCUT2D eigenvalue weighted by atomic mass is 35.5. The van der Waals surface area contributed by atoms with E-state index in [1.165, 1.54) is 0 Å². The second-order valence-electron chi connectivity index (χ2n) is 3.20. The molecule has 0 saturated heterocycles. The molecule has 5 nitrogen and oxygen atoms in total. The lowest BCUT2D eigenvalue weighted by atomic mass is 10.4. The quantitative estimate of drug-likeness (QED) is 0.825. The van der Waals surface area contributed by atoms with Crippen molar-refractivity contribution < 1.29 is 0 Å². The summed E-state index contributed by atoms with van der Waals surface area (Å²) in [6.45, 7) is 4.44. The summed E-state index contributed by atoms with van der Waals surface area (Å²) in [5.41, 5.74) is 5.97. The number of anilines is 2. The molecular weight excluding hydrogens is 239 g/mol. The van der Waals surface area contributed by atoms with Crippen LogP contribution in [0.5, 0.6) is 0 Å². The second-order valence-corrected chi connectivity index (χ2v) is 3.20. The Morgan fingerprint density at radius 2 is 1.93 bits per heavy atom. The molecule has 0 atom stereocenters. The molecule has 0 spiro atoms. The van der Waals surface area contributed by atoms with Gasteiger partial charge in [-0.2, -0.15) is 0 Å². The van der Waals surface area contributed by atoms with Crippen LogP contribution in [0.25, 0.3) is 0 Å². The number of nitrogens with zero attached hydrogens (tertiary/aromatic N) is 2. The van der Waals surface area contributed by atoms with Crippen molar-refractivity contribution in [2.45, 2.75) is 26.4 Å². The Bertz CT molecular complexity index is 385. The Morgan fingerprint density at radius 3 is 2.53 bits per heavy atom. The normalized spacial score (nSPS) is 12.6. The van der Waals surface area contributed by atoms with Crippen LogP contribution in [0.4, 0.5) is 11.5 Å². The van der Waals surface area contributed by atoms with Gasteiger partial charge in [0.15, 0.2) is 0 Å². The maximum atomic E-state index is 11.5. The summed E-state index contributed by atoms with van der Waals surface area (Å²) in [7, 11) is 0. The molecule has 1 aliphatic rings. The molecule has 0 fully saturated rings. The number of nitrogens with one attached hydrogen (secondary N) is 1. The highest BCUT2D eigenvalue weighted by molar-refractivity contribution is 5.85. The molecule has 3 N–H and O–H groups in total. The van der Waals surface area contributed by atoms with Crippen LogP contribution in [0.3, 0.4) is 0 Å². The summed E-state index contributed by atoms with van der Waals surface area (Å²) < 4.78 is 3.63. The number of hydrogen-bond acceptors (Lipinski definition) is 3. The first-order chi connectivity index (χ1) is 6.25. The number of fused-ring (bicyclic) bond motifs is 1. The first-order valence-electron chi connectivity index (χ1n) is 4.58. The molecule has 7 heteroatoms. The molecule has 0 amide bonds. The lowest BCUT2D eigenvalue weighted by molar-refractivity contribution is 0.599.